The van der Waals surface area contributed by atoms with Crippen molar-refractivity contribution >= 4 is 51.5 Å². The molecule has 0 bridgehead atoms. The molecule has 0 saturated heterocycles. The molecule has 3 aromatic carbocycles. The normalized spacial score (nSPS) is 10.4. The lowest BCUT2D eigenvalue weighted by atomic mass is 10.2. The van der Waals surface area contributed by atoms with Crippen LogP contribution in [0.15, 0.2) is 89.3 Å². The highest BCUT2D eigenvalue weighted by Crippen LogP contribution is 2.21. The number of anilines is 2. The van der Waals surface area contributed by atoms with Crippen LogP contribution in [0.4, 0.5) is 11.4 Å². The van der Waals surface area contributed by atoms with Crippen molar-refractivity contribution < 1.29 is 18.7 Å². The van der Waals surface area contributed by atoms with Gasteiger partial charge < -0.3 is 19.8 Å². The van der Waals surface area contributed by atoms with Gasteiger partial charge in [0.2, 0.25) is 0 Å². The van der Waals surface area contributed by atoms with Crippen molar-refractivity contribution in [2.75, 3.05) is 17.2 Å². The summed E-state index contributed by atoms with van der Waals surface area (Å²) in [5.41, 5.74) is 1.79. The van der Waals surface area contributed by atoms with Gasteiger partial charge in [0, 0.05) is 16.8 Å². The quantitative estimate of drug-likeness (QED) is 0.376. The zero-order valence-electron chi connectivity index (χ0n) is 16.8. The van der Waals surface area contributed by atoms with Crippen molar-refractivity contribution in [3.8, 4) is 5.75 Å². The standard InChI is InChI=1S/C24H19N3O4S/c28-22(15-30-19-10-2-1-3-11-19)27-24(32)26-18-9-6-8-17(14-18)25-23(29)21-13-16-7-4-5-12-20(16)31-21/h1-14H,15H2,(H,25,29)(H2,26,27,28,32). The maximum absolute atomic E-state index is 12.5. The molecular weight excluding hydrogens is 426 g/mol. The summed E-state index contributed by atoms with van der Waals surface area (Å²) in [6, 6.07) is 25.0. The molecule has 0 spiro atoms. The summed E-state index contributed by atoms with van der Waals surface area (Å²) in [6.07, 6.45) is 0. The Hall–Kier alpha value is -4.17. The summed E-state index contributed by atoms with van der Waals surface area (Å²) in [6.45, 7) is -0.167. The molecule has 0 unspecified atom stereocenters. The van der Waals surface area contributed by atoms with Crippen LogP contribution in [-0.2, 0) is 4.79 Å². The number of benzene rings is 3. The maximum atomic E-state index is 12.5. The number of carbonyl (C=O) groups is 2. The minimum absolute atomic E-state index is 0.118. The fourth-order valence-corrected chi connectivity index (χ4v) is 3.18. The van der Waals surface area contributed by atoms with E-state index in [1.807, 2.05) is 36.4 Å². The molecule has 1 heterocycles. The molecule has 3 N–H and O–H groups in total. The van der Waals surface area contributed by atoms with Crippen molar-refractivity contribution in [3.63, 3.8) is 0 Å². The Bertz CT molecular complexity index is 1240. The zero-order valence-corrected chi connectivity index (χ0v) is 17.6. The third kappa shape index (κ3) is 5.50. The van der Waals surface area contributed by atoms with Crippen molar-refractivity contribution in [1.29, 1.82) is 0 Å². The third-order valence-electron chi connectivity index (χ3n) is 4.39. The molecule has 4 rings (SSSR count). The van der Waals surface area contributed by atoms with Gasteiger partial charge in [0.15, 0.2) is 17.5 Å². The molecule has 0 atom stereocenters. The molecule has 0 aliphatic heterocycles. The molecule has 0 radical (unpaired) electrons. The third-order valence-corrected chi connectivity index (χ3v) is 4.60. The Balaban J connectivity index is 1.31. The lowest BCUT2D eigenvalue weighted by Gasteiger charge is -2.11. The number of carbonyl (C=O) groups excluding carboxylic acids is 2. The van der Waals surface area contributed by atoms with Crippen molar-refractivity contribution in [2.24, 2.45) is 0 Å². The molecule has 0 aliphatic carbocycles. The number of thiocarbonyl (C=S) groups is 1. The van der Waals surface area contributed by atoms with E-state index in [1.165, 1.54) is 0 Å². The van der Waals surface area contributed by atoms with Gasteiger partial charge in [-0.05, 0) is 54.7 Å². The van der Waals surface area contributed by atoms with Crippen LogP contribution in [0.5, 0.6) is 5.75 Å². The average molecular weight is 446 g/mol. The number of amides is 2. The van der Waals surface area contributed by atoms with E-state index in [9.17, 15) is 9.59 Å². The summed E-state index contributed by atoms with van der Waals surface area (Å²) in [5, 5.41) is 9.23. The van der Waals surface area contributed by atoms with E-state index in [-0.39, 0.29) is 29.3 Å². The van der Waals surface area contributed by atoms with Crippen LogP contribution in [-0.4, -0.2) is 23.5 Å². The number of hydrogen-bond donors (Lipinski definition) is 3. The number of hydrogen-bond acceptors (Lipinski definition) is 5. The highest BCUT2D eigenvalue weighted by molar-refractivity contribution is 7.80. The second-order valence-electron chi connectivity index (χ2n) is 6.79. The Labute approximate surface area is 189 Å². The smallest absolute Gasteiger partial charge is 0.291 e. The minimum atomic E-state index is -0.388. The SMILES string of the molecule is O=C(COc1ccccc1)NC(=S)Nc1cccc(NC(=O)c2cc3ccccc3o2)c1. The lowest BCUT2D eigenvalue weighted by Crippen LogP contribution is -2.37. The van der Waals surface area contributed by atoms with Crippen molar-refractivity contribution in [1.82, 2.24) is 5.32 Å². The zero-order chi connectivity index (χ0) is 22.3. The summed E-state index contributed by atoms with van der Waals surface area (Å²) in [4.78, 5) is 24.6. The van der Waals surface area contributed by atoms with Gasteiger partial charge in [-0.15, -0.1) is 0 Å². The van der Waals surface area contributed by atoms with Crippen LogP contribution < -0.4 is 20.7 Å². The van der Waals surface area contributed by atoms with Gasteiger partial charge >= 0.3 is 0 Å². The largest absolute Gasteiger partial charge is 0.484 e. The molecule has 0 aliphatic rings. The summed E-state index contributed by atoms with van der Waals surface area (Å²) in [7, 11) is 0. The van der Waals surface area contributed by atoms with Crippen LogP contribution in [0.3, 0.4) is 0 Å². The second kappa shape index (κ2) is 9.76. The number of rotatable bonds is 6. The lowest BCUT2D eigenvalue weighted by molar-refractivity contribution is -0.121. The van der Waals surface area contributed by atoms with E-state index >= 15 is 0 Å². The van der Waals surface area contributed by atoms with Crippen LogP contribution in [0.1, 0.15) is 10.6 Å². The maximum Gasteiger partial charge on any atom is 0.291 e. The van der Waals surface area contributed by atoms with E-state index in [0.29, 0.717) is 22.7 Å². The molecule has 7 nitrogen and oxygen atoms in total. The van der Waals surface area contributed by atoms with E-state index in [4.69, 9.17) is 21.4 Å². The second-order valence-corrected chi connectivity index (χ2v) is 7.20. The molecule has 4 aromatic rings. The van der Waals surface area contributed by atoms with Gasteiger partial charge in [-0.2, -0.15) is 0 Å². The van der Waals surface area contributed by atoms with E-state index in [0.717, 1.165) is 5.39 Å². The van der Waals surface area contributed by atoms with Crippen molar-refractivity contribution in [3.05, 3.63) is 90.7 Å². The molecule has 1 aromatic heterocycles. The van der Waals surface area contributed by atoms with Gasteiger partial charge in [0.1, 0.15) is 11.3 Å². The van der Waals surface area contributed by atoms with Gasteiger partial charge in [-0.25, -0.2) is 0 Å². The molecular formula is C24H19N3O4S. The summed E-state index contributed by atoms with van der Waals surface area (Å²) < 4.78 is 11.0. The van der Waals surface area contributed by atoms with E-state index in [1.54, 1.807) is 48.5 Å². The molecule has 0 fully saturated rings. The number of ether oxygens (including phenoxy) is 1. The summed E-state index contributed by atoms with van der Waals surface area (Å²) >= 11 is 5.19. The van der Waals surface area contributed by atoms with Crippen LogP contribution in [0.25, 0.3) is 11.0 Å². The predicted molar refractivity (Wildman–Crippen MR) is 127 cm³/mol. The number of para-hydroxylation sites is 2. The first kappa shape index (κ1) is 21.1. The Morgan fingerprint density at radius 3 is 2.34 bits per heavy atom. The topological polar surface area (TPSA) is 92.6 Å². The Morgan fingerprint density at radius 1 is 0.844 bits per heavy atom. The first-order valence-electron chi connectivity index (χ1n) is 9.75. The number of fused-ring (bicyclic) bond motifs is 1. The van der Waals surface area contributed by atoms with Crippen molar-refractivity contribution in [2.45, 2.75) is 0 Å². The highest BCUT2D eigenvalue weighted by Gasteiger charge is 2.13. The van der Waals surface area contributed by atoms with Gasteiger partial charge in [-0.3, -0.25) is 14.9 Å². The Morgan fingerprint density at radius 2 is 1.56 bits per heavy atom. The first-order valence-corrected chi connectivity index (χ1v) is 10.2. The molecule has 160 valence electrons. The van der Waals surface area contributed by atoms with Gasteiger partial charge in [0.05, 0.1) is 0 Å². The average Bonchev–Trinajstić information content (AvgIpc) is 3.23. The summed E-state index contributed by atoms with van der Waals surface area (Å²) in [5.74, 6) is 0.0492. The number of furan rings is 1. The fraction of sp³-hybridized carbons (Fsp3) is 0.0417. The van der Waals surface area contributed by atoms with Crippen LogP contribution in [0, 0.1) is 0 Å². The monoisotopic (exact) mass is 445 g/mol. The molecule has 8 heteroatoms. The van der Waals surface area contributed by atoms with Gasteiger partial charge in [-0.1, -0.05) is 42.5 Å². The predicted octanol–water partition coefficient (Wildman–Crippen LogP) is 4.58. The first-order chi connectivity index (χ1) is 15.6. The fourth-order valence-electron chi connectivity index (χ4n) is 2.95. The van der Waals surface area contributed by atoms with Gasteiger partial charge in [0.25, 0.3) is 11.8 Å². The van der Waals surface area contributed by atoms with Crippen LogP contribution in [0.2, 0.25) is 0 Å². The Kier molecular flexibility index (Phi) is 6.43. The van der Waals surface area contributed by atoms with E-state index < -0.39 is 0 Å². The van der Waals surface area contributed by atoms with E-state index in [2.05, 4.69) is 16.0 Å². The molecule has 2 amide bonds. The molecule has 0 saturated carbocycles. The minimum Gasteiger partial charge on any atom is -0.484 e. The van der Waals surface area contributed by atoms with Crippen LogP contribution >= 0.6 is 12.2 Å². The highest BCUT2D eigenvalue weighted by atomic mass is 32.1. The number of nitrogens with one attached hydrogen (secondary N) is 3. The molecule has 32 heavy (non-hydrogen) atoms.